The van der Waals surface area contributed by atoms with Gasteiger partial charge in [-0.3, -0.25) is 0 Å². The molecule has 2 atom stereocenters. The van der Waals surface area contributed by atoms with Gasteiger partial charge in [0.2, 0.25) is 10.0 Å². The molecule has 0 aromatic heterocycles. The van der Waals surface area contributed by atoms with Gasteiger partial charge >= 0.3 is 0 Å². The highest BCUT2D eigenvalue weighted by atomic mass is 35.5. The van der Waals surface area contributed by atoms with Crippen LogP contribution in [0.4, 0.5) is 0 Å². The van der Waals surface area contributed by atoms with E-state index in [1.54, 1.807) is 12.1 Å². The molecule has 0 radical (unpaired) electrons. The number of hydrogen-bond donors (Lipinski definition) is 2. The third-order valence-electron chi connectivity index (χ3n) is 3.49. The molecule has 0 heterocycles. The van der Waals surface area contributed by atoms with Crippen LogP contribution in [-0.4, -0.2) is 21.0 Å². The van der Waals surface area contributed by atoms with E-state index in [1.807, 2.05) is 6.92 Å². The van der Waals surface area contributed by atoms with E-state index in [9.17, 15) is 8.42 Å². The van der Waals surface area contributed by atoms with Crippen LogP contribution in [0, 0.1) is 5.92 Å². The molecular weight excluding hydrogens is 296 g/mol. The fourth-order valence-electron chi connectivity index (χ4n) is 1.99. The Morgan fingerprint density at radius 3 is 2.65 bits per heavy atom. The van der Waals surface area contributed by atoms with Crippen molar-refractivity contribution in [2.75, 3.05) is 6.54 Å². The molecule has 6 heteroatoms. The van der Waals surface area contributed by atoms with Crippen LogP contribution in [-0.2, 0) is 16.6 Å². The van der Waals surface area contributed by atoms with Crippen LogP contribution in [0.3, 0.4) is 0 Å². The van der Waals surface area contributed by atoms with Gasteiger partial charge in [0.1, 0.15) is 0 Å². The maximum Gasteiger partial charge on any atom is 0.240 e. The summed E-state index contributed by atoms with van der Waals surface area (Å²) in [4.78, 5) is 0.237. The summed E-state index contributed by atoms with van der Waals surface area (Å²) in [5, 5.41) is 3.74. The van der Waals surface area contributed by atoms with Gasteiger partial charge in [-0.1, -0.05) is 31.5 Å². The predicted molar refractivity (Wildman–Crippen MR) is 81.3 cm³/mol. The third-order valence-corrected chi connectivity index (χ3v) is 5.33. The Kier molecular flexibility index (Phi) is 5.07. The van der Waals surface area contributed by atoms with Gasteiger partial charge in [0.25, 0.3) is 0 Å². The first-order valence-corrected chi connectivity index (χ1v) is 8.81. The molecule has 4 nitrogen and oxygen atoms in total. The van der Waals surface area contributed by atoms with Gasteiger partial charge < -0.3 is 5.32 Å². The van der Waals surface area contributed by atoms with E-state index in [0.29, 0.717) is 17.5 Å². The lowest BCUT2D eigenvalue weighted by atomic mass is 10.2. The smallest absolute Gasteiger partial charge is 0.240 e. The summed E-state index contributed by atoms with van der Waals surface area (Å²) < 4.78 is 27.0. The van der Waals surface area contributed by atoms with Crippen LogP contribution in [0.5, 0.6) is 0 Å². The first kappa shape index (κ1) is 15.8. The fraction of sp³-hybridized carbons (Fsp3) is 0.571. The topological polar surface area (TPSA) is 58.2 Å². The average Bonchev–Trinajstić information content (AvgIpc) is 3.06. The lowest BCUT2D eigenvalue weighted by molar-refractivity contribution is 0.578. The van der Waals surface area contributed by atoms with E-state index < -0.39 is 10.0 Å². The van der Waals surface area contributed by atoms with Crippen molar-refractivity contribution in [3.05, 3.63) is 28.8 Å². The molecule has 2 unspecified atom stereocenters. The Morgan fingerprint density at radius 1 is 1.40 bits per heavy atom. The minimum Gasteiger partial charge on any atom is -0.313 e. The lowest BCUT2D eigenvalue weighted by Gasteiger charge is -2.10. The average molecular weight is 317 g/mol. The van der Waals surface area contributed by atoms with Crippen molar-refractivity contribution in [2.45, 2.75) is 44.2 Å². The van der Waals surface area contributed by atoms with Crippen molar-refractivity contribution in [3.8, 4) is 0 Å². The van der Waals surface area contributed by atoms with Crippen LogP contribution in [0.1, 0.15) is 32.3 Å². The lowest BCUT2D eigenvalue weighted by Crippen LogP contribution is -2.26. The van der Waals surface area contributed by atoms with E-state index in [4.69, 9.17) is 11.6 Å². The Hall–Kier alpha value is -0.620. The maximum absolute atomic E-state index is 12.2. The minimum absolute atomic E-state index is 0.0738. The summed E-state index contributed by atoms with van der Waals surface area (Å²) in [6.45, 7) is 5.69. The molecule has 1 aromatic rings. The molecule has 0 aliphatic heterocycles. The van der Waals surface area contributed by atoms with Gasteiger partial charge in [0, 0.05) is 17.6 Å². The summed E-state index contributed by atoms with van der Waals surface area (Å²) in [5.74, 6) is 0.428. The number of rotatable bonds is 7. The Balaban J connectivity index is 2.07. The molecule has 1 aliphatic carbocycles. The van der Waals surface area contributed by atoms with Crippen molar-refractivity contribution in [2.24, 2.45) is 5.92 Å². The van der Waals surface area contributed by atoms with E-state index in [-0.39, 0.29) is 10.9 Å². The molecule has 0 saturated heterocycles. The van der Waals surface area contributed by atoms with E-state index in [0.717, 1.165) is 24.9 Å². The molecule has 0 amide bonds. The molecule has 1 aliphatic rings. The zero-order chi connectivity index (χ0) is 14.8. The van der Waals surface area contributed by atoms with Crippen LogP contribution < -0.4 is 10.0 Å². The van der Waals surface area contributed by atoms with Gasteiger partial charge in [-0.25, -0.2) is 13.1 Å². The van der Waals surface area contributed by atoms with Gasteiger partial charge in [0.05, 0.1) is 4.90 Å². The molecule has 0 bridgehead atoms. The molecule has 1 aromatic carbocycles. The Morgan fingerprint density at radius 2 is 2.10 bits per heavy atom. The molecule has 2 rings (SSSR count). The number of halogens is 1. The molecule has 112 valence electrons. The van der Waals surface area contributed by atoms with E-state index >= 15 is 0 Å². The SMILES string of the molecule is CCCNCc1ccc(S(=O)(=O)NC2CC2C)cc1Cl. The van der Waals surface area contributed by atoms with Crippen LogP contribution in [0.2, 0.25) is 5.02 Å². The normalized spacial score (nSPS) is 21.9. The Bertz CT molecular complexity index is 575. The third kappa shape index (κ3) is 3.95. The second kappa shape index (κ2) is 6.43. The highest BCUT2D eigenvalue weighted by Gasteiger charge is 2.36. The minimum atomic E-state index is -3.45. The standard InChI is InChI=1S/C14H21ClN2O2S/c1-3-6-16-9-11-4-5-12(8-13(11)15)20(18,19)17-14-7-10(14)2/h4-5,8,10,14,16-17H,3,6-7,9H2,1-2H3. The van der Waals surface area contributed by atoms with Crippen molar-refractivity contribution in [1.82, 2.24) is 10.0 Å². The van der Waals surface area contributed by atoms with Crippen LogP contribution in [0.15, 0.2) is 23.1 Å². The number of hydrogen-bond acceptors (Lipinski definition) is 3. The van der Waals surface area contributed by atoms with Crippen molar-refractivity contribution >= 4 is 21.6 Å². The van der Waals surface area contributed by atoms with Crippen molar-refractivity contribution in [3.63, 3.8) is 0 Å². The maximum atomic E-state index is 12.2. The number of nitrogens with one attached hydrogen (secondary N) is 2. The van der Waals surface area contributed by atoms with Crippen LogP contribution in [0.25, 0.3) is 0 Å². The largest absolute Gasteiger partial charge is 0.313 e. The monoisotopic (exact) mass is 316 g/mol. The predicted octanol–water partition coefficient (Wildman–Crippen LogP) is 2.53. The summed E-state index contributed by atoms with van der Waals surface area (Å²) >= 11 is 6.16. The highest BCUT2D eigenvalue weighted by molar-refractivity contribution is 7.89. The molecule has 0 spiro atoms. The van der Waals surface area contributed by atoms with E-state index in [2.05, 4.69) is 17.0 Å². The molecule has 20 heavy (non-hydrogen) atoms. The quantitative estimate of drug-likeness (QED) is 0.760. The van der Waals surface area contributed by atoms with Gasteiger partial charge in [-0.05, 0) is 43.0 Å². The first-order chi connectivity index (χ1) is 9.44. The molecular formula is C14H21ClN2O2S. The van der Waals surface area contributed by atoms with E-state index in [1.165, 1.54) is 6.07 Å². The van der Waals surface area contributed by atoms with Gasteiger partial charge in [-0.2, -0.15) is 0 Å². The zero-order valence-electron chi connectivity index (χ0n) is 11.8. The molecule has 1 fully saturated rings. The fourth-order valence-corrected chi connectivity index (χ4v) is 3.69. The number of benzene rings is 1. The Labute approximate surface area is 126 Å². The summed E-state index contributed by atoms with van der Waals surface area (Å²) in [5.41, 5.74) is 0.916. The van der Waals surface area contributed by atoms with Gasteiger partial charge in [0.15, 0.2) is 0 Å². The molecule has 2 N–H and O–H groups in total. The zero-order valence-corrected chi connectivity index (χ0v) is 13.4. The first-order valence-electron chi connectivity index (χ1n) is 6.95. The summed E-state index contributed by atoms with van der Waals surface area (Å²) in [6.07, 6.45) is 1.96. The van der Waals surface area contributed by atoms with Crippen molar-refractivity contribution < 1.29 is 8.42 Å². The highest BCUT2D eigenvalue weighted by Crippen LogP contribution is 2.31. The second-order valence-electron chi connectivity index (χ2n) is 5.37. The number of sulfonamides is 1. The summed E-state index contributed by atoms with van der Waals surface area (Å²) in [7, 11) is -3.45. The van der Waals surface area contributed by atoms with Crippen molar-refractivity contribution in [1.29, 1.82) is 0 Å². The second-order valence-corrected chi connectivity index (χ2v) is 7.49. The summed E-state index contributed by atoms with van der Waals surface area (Å²) in [6, 6.07) is 4.99. The van der Waals surface area contributed by atoms with Crippen LogP contribution >= 0.6 is 11.6 Å². The van der Waals surface area contributed by atoms with Gasteiger partial charge in [-0.15, -0.1) is 0 Å². The molecule has 1 saturated carbocycles.